The number of benzene rings is 1. The maximum Gasteiger partial charge on any atom is 0.339 e. The van der Waals surface area contributed by atoms with Crippen LogP contribution in [0.25, 0.3) is 0 Å². The summed E-state index contributed by atoms with van der Waals surface area (Å²) in [5.41, 5.74) is 2.23. The molecule has 22 heavy (non-hydrogen) atoms. The fourth-order valence-corrected chi connectivity index (χ4v) is 1.84. The average Bonchev–Trinajstić information content (AvgIpc) is 2.56. The minimum Gasteiger partial charge on any atom is -0.449 e. The van der Waals surface area contributed by atoms with Gasteiger partial charge in [-0.05, 0) is 43.2 Å². The van der Waals surface area contributed by atoms with Crippen LogP contribution in [0.15, 0.2) is 48.8 Å². The average molecular weight is 298 g/mol. The third-order valence-corrected chi connectivity index (χ3v) is 3.20. The van der Waals surface area contributed by atoms with Crippen LogP contribution >= 0.6 is 0 Å². The van der Waals surface area contributed by atoms with Gasteiger partial charge in [0.25, 0.3) is 5.91 Å². The van der Waals surface area contributed by atoms with Crippen molar-refractivity contribution in [3.8, 4) is 0 Å². The van der Waals surface area contributed by atoms with Crippen molar-refractivity contribution in [3.05, 3.63) is 59.9 Å². The Morgan fingerprint density at radius 2 is 1.77 bits per heavy atom. The van der Waals surface area contributed by atoms with Gasteiger partial charge in [0.1, 0.15) is 0 Å². The van der Waals surface area contributed by atoms with Crippen molar-refractivity contribution in [1.29, 1.82) is 0 Å². The molecule has 114 valence electrons. The van der Waals surface area contributed by atoms with Gasteiger partial charge in [0.2, 0.25) is 0 Å². The third kappa shape index (κ3) is 4.15. The maximum atomic E-state index is 12.0. The predicted octanol–water partition coefficient (Wildman–Crippen LogP) is 2.83. The van der Waals surface area contributed by atoms with E-state index in [-0.39, 0.29) is 5.91 Å². The Hall–Kier alpha value is -2.69. The second-order valence-corrected chi connectivity index (χ2v) is 4.82. The van der Waals surface area contributed by atoms with Crippen molar-refractivity contribution in [2.24, 2.45) is 0 Å². The fourth-order valence-electron chi connectivity index (χ4n) is 1.84. The first-order valence-corrected chi connectivity index (χ1v) is 7.11. The van der Waals surface area contributed by atoms with Crippen LogP contribution in [0.5, 0.6) is 0 Å². The molecule has 2 rings (SSSR count). The van der Waals surface area contributed by atoms with Crippen LogP contribution in [0.1, 0.15) is 29.8 Å². The van der Waals surface area contributed by atoms with Gasteiger partial charge in [0.05, 0.1) is 5.56 Å². The van der Waals surface area contributed by atoms with Gasteiger partial charge < -0.3 is 10.1 Å². The van der Waals surface area contributed by atoms with Crippen LogP contribution in [0.2, 0.25) is 0 Å². The lowest BCUT2D eigenvalue weighted by atomic mass is 10.1. The number of ether oxygens (including phenoxy) is 1. The molecule has 1 heterocycles. The molecule has 5 nitrogen and oxygen atoms in total. The van der Waals surface area contributed by atoms with Crippen molar-refractivity contribution in [3.63, 3.8) is 0 Å². The number of rotatable bonds is 5. The molecule has 2 aromatic rings. The summed E-state index contributed by atoms with van der Waals surface area (Å²) in [5.74, 6) is -0.918. The highest BCUT2D eigenvalue weighted by Crippen LogP contribution is 2.11. The van der Waals surface area contributed by atoms with Crippen LogP contribution in [0.4, 0.5) is 5.69 Å². The van der Waals surface area contributed by atoms with Crippen molar-refractivity contribution >= 4 is 17.6 Å². The summed E-state index contributed by atoms with van der Waals surface area (Å²) in [6, 6.07) is 10.6. The zero-order chi connectivity index (χ0) is 15.9. The van der Waals surface area contributed by atoms with E-state index >= 15 is 0 Å². The topological polar surface area (TPSA) is 68.3 Å². The van der Waals surface area contributed by atoms with E-state index in [1.807, 2.05) is 24.3 Å². The molecule has 1 atom stereocenters. The SMILES string of the molecule is CCc1ccc(NC(=O)[C@@H](C)OC(=O)c2ccncc2)cc1. The van der Waals surface area contributed by atoms with Gasteiger partial charge in [-0.3, -0.25) is 9.78 Å². The molecular formula is C17H18N2O3. The van der Waals surface area contributed by atoms with E-state index in [9.17, 15) is 9.59 Å². The molecule has 1 aromatic heterocycles. The quantitative estimate of drug-likeness (QED) is 0.862. The van der Waals surface area contributed by atoms with E-state index in [1.54, 1.807) is 0 Å². The first-order valence-electron chi connectivity index (χ1n) is 7.11. The Labute approximate surface area is 129 Å². The lowest BCUT2D eigenvalue weighted by Gasteiger charge is -2.13. The van der Waals surface area contributed by atoms with E-state index in [4.69, 9.17) is 4.74 Å². The number of hydrogen-bond acceptors (Lipinski definition) is 4. The smallest absolute Gasteiger partial charge is 0.339 e. The van der Waals surface area contributed by atoms with Crippen LogP contribution in [-0.2, 0) is 16.0 Å². The second-order valence-electron chi connectivity index (χ2n) is 4.82. The van der Waals surface area contributed by atoms with Gasteiger partial charge in [-0.2, -0.15) is 0 Å². The molecule has 1 amide bonds. The molecule has 0 aliphatic heterocycles. The number of carbonyl (C=O) groups is 2. The second kappa shape index (κ2) is 7.36. The number of anilines is 1. The molecule has 0 radical (unpaired) electrons. The highest BCUT2D eigenvalue weighted by molar-refractivity contribution is 5.97. The van der Waals surface area contributed by atoms with Gasteiger partial charge in [-0.15, -0.1) is 0 Å². The number of amides is 1. The van der Waals surface area contributed by atoms with E-state index in [0.717, 1.165) is 6.42 Å². The summed E-state index contributed by atoms with van der Waals surface area (Å²) in [6.07, 6.45) is 3.05. The number of pyridine rings is 1. The molecule has 0 saturated carbocycles. The Kier molecular flexibility index (Phi) is 5.25. The fraction of sp³-hybridized carbons (Fsp3) is 0.235. The maximum absolute atomic E-state index is 12.0. The zero-order valence-electron chi connectivity index (χ0n) is 12.6. The lowest BCUT2D eigenvalue weighted by Crippen LogP contribution is -2.30. The first kappa shape index (κ1) is 15.7. The summed E-state index contributed by atoms with van der Waals surface area (Å²) >= 11 is 0. The van der Waals surface area contributed by atoms with Gasteiger partial charge in [0.15, 0.2) is 6.10 Å². The Balaban J connectivity index is 1.92. The van der Waals surface area contributed by atoms with Crippen LogP contribution in [0.3, 0.4) is 0 Å². The number of nitrogens with one attached hydrogen (secondary N) is 1. The number of hydrogen-bond donors (Lipinski definition) is 1. The minimum absolute atomic E-state index is 0.363. The van der Waals surface area contributed by atoms with E-state index in [1.165, 1.54) is 37.0 Å². The highest BCUT2D eigenvalue weighted by atomic mass is 16.5. The predicted molar refractivity (Wildman–Crippen MR) is 83.6 cm³/mol. The van der Waals surface area contributed by atoms with Crippen molar-refractivity contribution in [1.82, 2.24) is 4.98 Å². The Morgan fingerprint density at radius 3 is 2.36 bits per heavy atom. The molecule has 0 bridgehead atoms. The number of carbonyl (C=O) groups excluding carboxylic acids is 2. The van der Waals surface area contributed by atoms with Crippen LogP contribution < -0.4 is 5.32 Å². The van der Waals surface area contributed by atoms with Crippen molar-refractivity contribution in [2.75, 3.05) is 5.32 Å². The van der Waals surface area contributed by atoms with Gasteiger partial charge in [-0.25, -0.2) is 4.79 Å². The summed E-state index contributed by atoms with van der Waals surface area (Å²) in [4.78, 5) is 27.7. The number of nitrogens with zero attached hydrogens (tertiary/aromatic N) is 1. The van der Waals surface area contributed by atoms with E-state index in [2.05, 4.69) is 17.2 Å². The molecule has 0 spiro atoms. The molecule has 0 unspecified atom stereocenters. The Bertz CT molecular complexity index is 639. The largest absolute Gasteiger partial charge is 0.449 e. The highest BCUT2D eigenvalue weighted by Gasteiger charge is 2.18. The Morgan fingerprint density at radius 1 is 1.14 bits per heavy atom. The standard InChI is InChI=1S/C17H18N2O3/c1-3-13-4-6-15(7-5-13)19-16(20)12(2)22-17(21)14-8-10-18-11-9-14/h4-12H,3H2,1-2H3,(H,19,20)/t12-/m1/s1. The number of aryl methyl sites for hydroxylation is 1. The number of esters is 1. The molecule has 0 saturated heterocycles. The molecular weight excluding hydrogens is 280 g/mol. The molecule has 5 heteroatoms. The van der Waals surface area contributed by atoms with Gasteiger partial charge in [0, 0.05) is 18.1 Å². The summed E-state index contributed by atoms with van der Waals surface area (Å²) in [6.45, 7) is 3.60. The minimum atomic E-state index is -0.883. The molecule has 0 aliphatic rings. The monoisotopic (exact) mass is 298 g/mol. The summed E-state index contributed by atoms with van der Waals surface area (Å²) in [7, 11) is 0. The van der Waals surface area contributed by atoms with E-state index in [0.29, 0.717) is 11.3 Å². The van der Waals surface area contributed by atoms with Crippen molar-refractivity contribution < 1.29 is 14.3 Å². The van der Waals surface area contributed by atoms with Gasteiger partial charge >= 0.3 is 5.97 Å². The van der Waals surface area contributed by atoms with E-state index < -0.39 is 12.1 Å². The molecule has 0 aliphatic carbocycles. The summed E-state index contributed by atoms with van der Waals surface area (Å²) < 4.78 is 5.14. The number of aromatic nitrogens is 1. The first-order chi connectivity index (χ1) is 10.6. The summed E-state index contributed by atoms with van der Waals surface area (Å²) in [5, 5.41) is 2.72. The van der Waals surface area contributed by atoms with Gasteiger partial charge in [-0.1, -0.05) is 19.1 Å². The third-order valence-electron chi connectivity index (χ3n) is 3.20. The van der Waals surface area contributed by atoms with Crippen LogP contribution in [0, 0.1) is 0 Å². The molecule has 1 N–H and O–H groups in total. The zero-order valence-corrected chi connectivity index (χ0v) is 12.6. The van der Waals surface area contributed by atoms with Crippen LogP contribution in [-0.4, -0.2) is 23.0 Å². The molecule has 0 fully saturated rings. The lowest BCUT2D eigenvalue weighted by molar-refractivity contribution is -0.123. The van der Waals surface area contributed by atoms with Crippen molar-refractivity contribution in [2.45, 2.75) is 26.4 Å². The molecule has 1 aromatic carbocycles. The normalized spacial score (nSPS) is 11.5.